The Bertz CT molecular complexity index is 1250. The molecule has 2 saturated heterocycles. The highest BCUT2D eigenvalue weighted by atomic mass is 32.2. The minimum atomic E-state index is -3.67. The molecule has 2 aliphatic heterocycles. The van der Waals surface area contributed by atoms with Gasteiger partial charge in [0.05, 0.1) is 10.8 Å². The lowest BCUT2D eigenvalue weighted by Gasteiger charge is -2.38. The third kappa shape index (κ3) is 4.73. The third-order valence-electron chi connectivity index (χ3n) is 7.03. The van der Waals surface area contributed by atoms with Crippen LogP contribution in [0.15, 0.2) is 77.7 Å². The molecule has 1 atom stereocenters. The number of hydrogen-bond acceptors (Lipinski definition) is 4. The van der Waals surface area contributed by atoms with E-state index in [0.717, 1.165) is 36.8 Å². The molecule has 0 N–H and O–H groups in total. The van der Waals surface area contributed by atoms with Gasteiger partial charge >= 0.3 is 0 Å². The summed E-state index contributed by atoms with van der Waals surface area (Å²) in [6.45, 7) is 4.67. The van der Waals surface area contributed by atoms with Gasteiger partial charge in [0.2, 0.25) is 15.9 Å². The fraction of sp³-hybridized carbons (Fsp3) is 0.370. The predicted octanol–water partition coefficient (Wildman–Crippen LogP) is 3.58. The minimum absolute atomic E-state index is 0.0946. The molecule has 0 bridgehead atoms. The molecule has 0 radical (unpaired) electrons. The summed E-state index contributed by atoms with van der Waals surface area (Å²) >= 11 is 0. The summed E-state index contributed by atoms with van der Waals surface area (Å²) in [6, 6.07) is 23.3. The SMILES string of the molecule is O=C(C1CCCN(S(=O)(=O)c2cccc3ccccc23)C1)N1CCN(Cc2ccccc2)CC1. The van der Waals surface area contributed by atoms with E-state index in [9.17, 15) is 13.2 Å². The van der Waals surface area contributed by atoms with Gasteiger partial charge < -0.3 is 4.90 Å². The number of fused-ring (bicyclic) bond motifs is 1. The summed E-state index contributed by atoms with van der Waals surface area (Å²) < 4.78 is 28.6. The first-order valence-corrected chi connectivity index (χ1v) is 13.5. The topological polar surface area (TPSA) is 60.9 Å². The smallest absolute Gasteiger partial charge is 0.243 e. The van der Waals surface area contributed by atoms with Gasteiger partial charge in [-0.15, -0.1) is 0 Å². The highest BCUT2D eigenvalue weighted by Gasteiger charge is 2.36. The van der Waals surface area contributed by atoms with E-state index in [2.05, 4.69) is 29.2 Å². The van der Waals surface area contributed by atoms with E-state index in [-0.39, 0.29) is 18.4 Å². The number of hydrogen-bond donors (Lipinski definition) is 0. The number of amides is 1. The molecule has 0 aliphatic carbocycles. The standard InChI is InChI=1S/C27H31N3O3S/c31-27(29-18-16-28(17-19-29)20-22-8-2-1-3-9-22)24-12-7-15-30(21-24)34(32,33)26-14-6-11-23-10-4-5-13-25(23)26/h1-6,8-11,13-14,24H,7,12,15-21H2. The van der Waals surface area contributed by atoms with Crippen molar-refractivity contribution in [1.82, 2.24) is 14.1 Å². The van der Waals surface area contributed by atoms with Crippen LogP contribution in [-0.2, 0) is 21.4 Å². The van der Waals surface area contributed by atoms with Gasteiger partial charge in [0, 0.05) is 51.2 Å². The summed E-state index contributed by atoms with van der Waals surface area (Å²) in [5, 5.41) is 1.63. The molecule has 3 aromatic rings. The van der Waals surface area contributed by atoms with Gasteiger partial charge in [-0.1, -0.05) is 66.7 Å². The van der Waals surface area contributed by atoms with E-state index in [1.165, 1.54) is 9.87 Å². The van der Waals surface area contributed by atoms with Gasteiger partial charge in [-0.05, 0) is 29.9 Å². The van der Waals surface area contributed by atoms with Gasteiger partial charge in [0.15, 0.2) is 0 Å². The number of nitrogens with zero attached hydrogens (tertiary/aromatic N) is 3. The average Bonchev–Trinajstić information content (AvgIpc) is 2.89. The van der Waals surface area contributed by atoms with E-state index >= 15 is 0 Å². The molecule has 7 heteroatoms. The van der Waals surface area contributed by atoms with Crippen LogP contribution in [0, 0.1) is 5.92 Å². The molecule has 1 amide bonds. The number of piperazine rings is 1. The fourth-order valence-corrected chi connectivity index (χ4v) is 6.89. The van der Waals surface area contributed by atoms with E-state index < -0.39 is 10.0 Å². The molecule has 5 rings (SSSR count). The average molecular weight is 478 g/mol. The van der Waals surface area contributed by atoms with Crippen LogP contribution in [0.5, 0.6) is 0 Å². The van der Waals surface area contributed by atoms with Crippen LogP contribution in [0.3, 0.4) is 0 Å². The van der Waals surface area contributed by atoms with Crippen molar-refractivity contribution in [2.75, 3.05) is 39.3 Å². The van der Waals surface area contributed by atoms with Crippen molar-refractivity contribution < 1.29 is 13.2 Å². The summed E-state index contributed by atoms with van der Waals surface area (Å²) in [4.78, 5) is 18.0. The summed E-state index contributed by atoms with van der Waals surface area (Å²) in [5.74, 6) is -0.184. The molecule has 3 aromatic carbocycles. The maximum Gasteiger partial charge on any atom is 0.243 e. The minimum Gasteiger partial charge on any atom is -0.340 e. The van der Waals surface area contributed by atoms with Crippen LogP contribution < -0.4 is 0 Å². The molecule has 6 nitrogen and oxygen atoms in total. The zero-order valence-corrected chi connectivity index (χ0v) is 20.2. The lowest BCUT2D eigenvalue weighted by molar-refractivity contribution is -0.138. The molecule has 178 valence electrons. The molecule has 0 spiro atoms. The Morgan fingerprint density at radius 3 is 2.32 bits per heavy atom. The number of sulfonamides is 1. The van der Waals surface area contributed by atoms with Gasteiger partial charge in [-0.2, -0.15) is 4.31 Å². The van der Waals surface area contributed by atoms with E-state index in [1.807, 2.05) is 41.3 Å². The van der Waals surface area contributed by atoms with Crippen molar-refractivity contribution >= 4 is 26.7 Å². The largest absolute Gasteiger partial charge is 0.340 e. The molecular weight excluding hydrogens is 446 g/mol. The molecule has 0 aromatic heterocycles. The lowest BCUT2D eigenvalue weighted by atomic mass is 9.97. The van der Waals surface area contributed by atoms with Crippen LogP contribution in [0.25, 0.3) is 10.8 Å². The van der Waals surface area contributed by atoms with Gasteiger partial charge in [-0.25, -0.2) is 8.42 Å². The fourth-order valence-electron chi connectivity index (χ4n) is 5.15. The van der Waals surface area contributed by atoms with Crippen molar-refractivity contribution in [2.45, 2.75) is 24.3 Å². The third-order valence-corrected chi connectivity index (χ3v) is 8.96. The van der Waals surface area contributed by atoms with Crippen LogP contribution in [0.4, 0.5) is 0 Å². The summed E-state index contributed by atoms with van der Waals surface area (Å²) in [5.41, 5.74) is 1.28. The van der Waals surface area contributed by atoms with Crippen LogP contribution in [0.1, 0.15) is 18.4 Å². The Labute approximate surface area is 201 Å². The number of benzene rings is 3. The van der Waals surface area contributed by atoms with Gasteiger partial charge in [-0.3, -0.25) is 9.69 Å². The molecule has 0 saturated carbocycles. The second-order valence-electron chi connectivity index (χ2n) is 9.27. The quantitative estimate of drug-likeness (QED) is 0.564. The van der Waals surface area contributed by atoms with Crippen LogP contribution >= 0.6 is 0 Å². The summed E-state index contributed by atoms with van der Waals surface area (Å²) in [7, 11) is -3.67. The molecule has 2 heterocycles. The predicted molar refractivity (Wildman–Crippen MR) is 134 cm³/mol. The number of piperidine rings is 1. The molecular formula is C27H31N3O3S. The van der Waals surface area contributed by atoms with Gasteiger partial charge in [0.25, 0.3) is 0 Å². The molecule has 1 unspecified atom stereocenters. The molecule has 2 aliphatic rings. The van der Waals surface area contributed by atoms with Crippen molar-refractivity contribution in [3.8, 4) is 0 Å². The van der Waals surface area contributed by atoms with E-state index in [0.29, 0.717) is 31.0 Å². The van der Waals surface area contributed by atoms with Crippen molar-refractivity contribution in [3.05, 3.63) is 78.4 Å². The molecule has 2 fully saturated rings. The maximum absolute atomic E-state index is 13.6. The Morgan fingerprint density at radius 1 is 0.824 bits per heavy atom. The zero-order valence-electron chi connectivity index (χ0n) is 19.3. The molecule has 34 heavy (non-hydrogen) atoms. The Kier molecular flexibility index (Phi) is 6.68. The Morgan fingerprint density at radius 2 is 1.53 bits per heavy atom. The van der Waals surface area contributed by atoms with Crippen molar-refractivity contribution in [3.63, 3.8) is 0 Å². The normalized spacial score (nSPS) is 20.5. The number of carbonyl (C=O) groups excluding carboxylic acids is 1. The first-order valence-electron chi connectivity index (χ1n) is 12.1. The highest BCUT2D eigenvalue weighted by Crippen LogP contribution is 2.29. The second-order valence-corrected chi connectivity index (χ2v) is 11.2. The number of carbonyl (C=O) groups is 1. The summed E-state index contributed by atoms with van der Waals surface area (Å²) in [6.07, 6.45) is 1.44. The zero-order chi connectivity index (χ0) is 23.5. The first-order chi connectivity index (χ1) is 16.5. The van der Waals surface area contributed by atoms with Crippen molar-refractivity contribution in [2.24, 2.45) is 5.92 Å². The highest BCUT2D eigenvalue weighted by molar-refractivity contribution is 7.89. The monoisotopic (exact) mass is 477 g/mol. The second kappa shape index (κ2) is 9.86. The van der Waals surface area contributed by atoms with Crippen molar-refractivity contribution in [1.29, 1.82) is 0 Å². The Balaban J connectivity index is 1.24. The first kappa shape index (κ1) is 23.0. The Hall–Kier alpha value is -2.74. The van der Waals surface area contributed by atoms with Crippen LogP contribution in [-0.4, -0.2) is 67.7 Å². The van der Waals surface area contributed by atoms with E-state index in [1.54, 1.807) is 12.1 Å². The van der Waals surface area contributed by atoms with Gasteiger partial charge in [0.1, 0.15) is 0 Å². The number of rotatable bonds is 5. The van der Waals surface area contributed by atoms with E-state index in [4.69, 9.17) is 0 Å². The maximum atomic E-state index is 13.6. The lowest BCUT2D eigenvalue weighted by Crippen LogP contribution is -2.52. The van der Waals surface area contributed by atoms with Crippen LogP contribution in [0.2, 0.25) is 0 Å².